The van der Waals surface area contributed by atoms with E-state index in [1.54, 1.807) is 0 Å². The van der Waals surface area contributed by atoms with Gasteiger partial charge in [-0.3, -0.25) is 4.79 Å². The maximum absolute atomic E-state index is 10.5. The molecule has 0 aliphatic carbocycles. The highest BCUT2D eigenvalue weighted by Gasteiger charge is 2.35. The van der Waals surface area contributed by atoms with E-state index in [0.29, 0.717) is 0 Å². The molecule has 0 radical (unpaired) electrons. The highest BCUT2D eigenvalue weighted by Crippen LogP contribution is 2.12. The van der Waals surface area contributed by atoms with Gasteiger partial charge in [-0.1, -0.05) is 0 Å². The van der Waals surface area contributed by atoms with Crippen molar-refractivity contribution in [2.45, 2.75) is 18.6 Å². The van der Waals surface area contributed by atoms with E-state index in [1.807, 2.05) is 0 Å². The van der Waals surface area contributed by atoms with Gasteiger partial charge in [0.05, 0.1) is 0 Å². The third-order valence-electron chi connectivity index (χ3n) is 1.30. The first kappa shape index (κ1) is 7.01. The summed E-state index contributed by atoms with van der Waals surface area (Å²) in [7, 11) is 0. The highest BCUT2D eigenvalue weighted by atomic mass is 16.6. The zero-order valence-electron chi connectivity index (χ0n) is 5.11. The predicted octanol–water partition coefficient (Wildman–Crippen LogP) is -1.29. The van der Waals surface area contributed by atoms with Crippen molar-refractivity contribution in [1.82, 2.24) is 0 Å². The van der Waals surface area contributed by atoms with Gasteiger partial charge in [0.2, 0.25) is 6.10 Å². The Morgan fingerprint density at radius 2 is 2.40 bits per heavy atom. The number of ether oxygens (including phenoxy) is 1. The Hall–Kier alpha value is -1.10. The molecule has 1 aliphatic heterocycles. The van der Waals surface area contributed by atoms with Crippen molar-refractivity contribution >= 4 is 11.9 Å². The minimum atomic E-state index is -1.14. The predicted molar refractivity (Wildman–Crippen MR) is 30.1 cm³/mol. The molecule has 0 bridgehead atoms. The average Bonchev–Trinajstić information content (AvgIpc) is 2.13. The molecule has 0 aromatic carbocycles. The number of carbonyl (C=O) groups is 2. The Morgan fingerprint density at radius 1 is 1.80 bits per heavy atom. The van der Waals surface area contributed by atoms with Gasteiger partial charge in [0, 0.05) is 6.42 Å². The first-order valence-corrected chi connectivity index (χ1v) is 2.80. The molecule has 1 saturated heterocycles. The average molecular weight is 145 g/mol. The van der Waals surface area contributed by atoms with Crippen molar-refractivity contribution in [3.8, 4) is 0 Å². The van der Waals surface area contributed by atoms with Crippen molar-refractivity contribution in [1.29, 1.82) is 0 Å². The van der Waals surface area contributed by atoms with Gasteiger partial charge >= 0.3 is 11.9 Å². The number of rotatable bonds is 1. The Morgan fingerprint density at radius 3 is 2.60 bits per heavy atom. The summed E-state index contributed by atoms with van der Waals surface area (Å²) in [6, 6.07) is -0.763. The summed E-state index contributed by atoms with van der Waals surface area (Å²) in [6.07, 6.45) is -0.962. The van der Waals surface area contributed by atoms with E-state index in [-0.39, 0.29) is 6.42 Å². The van der Waals surface area contributed by atoms with Gasteiger partial charge in [0.25, 0.3) is 0 Å². The fraction of sp³-hybridized carbons (Fsp3) is 0.600. The van der Waals surface area contributed by atoms with E-state index in [1.165, 1.54) is 0 Å². The Bertz CT molecular complexity index is 178. The lowest BCUT2D eigenvalue weighted by atomic mass is 10.2. The quantitative estimate of drug-likeness (QED) is 0.448. The zero-order valence-corrected chi connectivity index (χ0v) is 5.11. The van der Waals surface area contributed by atoms with Crippen LogP contribution < -0.4 is 5.73 Å². The largest absolute Gasteiger partial charge is 0.479 e. The molecule has 5 nitrogen and oxygen atoms in total. The van der Waals surface area contributed by atoms with Crippen LogP contribution in [0.2, 0.25) is 0 Å². The summed E-state index contributed by atoms with van der Waals surface area (Å²) in [5.74, 6) is -1.77. The number of hydrogen-bond donors (Lipinski definition) is 2. The maximum atomic E-state index is 10.5. The lowest BCUT2D eigenvalue weighted by molar-refractivity contribution is -0.157. The number of carboxylic acid groups (broad SMARTS) is 1. The molecule has 0 saturated carbocycles. The van der Waals surface area contributed by atoms with Gasteiger partial charge < -0.3 is 15.6 Å². The molecular formula is C5H7NO4. The molecule has 0 aromatic heterocycles. The Labute approximate surface area is 56.8 Å². The number of carboxylic acids is 1. The van der Waals surface area contributed by atoms with E-state index in [0.717, 1.165) is 0 Å². The summed E-state index contributed by atoms with van der Waals surface area (Å²) in [4.78, 5) is 20.6. The molecule has 1 unspecified atom stereocenters. The summed E-state index contributed by atoms with van der Waals surface area (Å²) >= 11 is 0. The first-order chi connectivity index (χ1) is 4.61. The molecule has 1 aliphatic rings. The second kappa shape index (κ2) is 2.26. The molecular weight excluding hydrogens is 138 g/mol. The number of esters is 1. The number of cyclic esters (lactones) is 1. The van der Waals surface area contributed by atoms with Crippen molar-refractivity contribution in [3.63, 3.8) is 0 Å². The zero-order chi connectivity index (χ0) is 7.72. The highest BCUT2D eigenvalue weighted by molar-refractivity contribution is 5.85. The van der Waals surface area contributed by atoms with Crippen LogP contribution in [0.25, 0.3) is 0 Å². The molecule has 3 N–H and O–H groups in total. The van der Waals surface area contributed by atoms with E-state index in [9.17, 15) is 9.59 Å². The molecule has 0 aromatic rings. The first-order valence-electron chi connectivity index (χ1n) is 2.80. The van der Waals surface area contributed by atoms with Crippen LogP contribution in [0.1, 0.15) is 6.42 Å². The van der Waals surface area contributed by atoms with Crippen LogP contribution in [0.3, 0.4) is 0 Å². The van der Waals surface area contributed by atoms with Crippen LogP contribution in [0, 0.1) is 0 Å². The summed E-state index contributed by atoms with van der Waals surface area (Å²) in [6.45, 7) is 0. The van der Waals surface area contributed by atoms with E-state index in [4.69, 9.17) is 10.8 Å². The van der Waals surface area contributed by atoms with E-state index >= 15 is 0 Å². The minimum Gasteiger partial charge on any atom is -0.479 e. The molecule has 5 heteroatoms. The maximum Gasteiger partial charge on any atom is 0.345 e. The van der Waals surface area contributed by atoms with Crippen molar-refractivity contribution < 1.29 is 19.4 Å². The van der Waals surface area contributed by atoms with Crippen molar-refractivity contribution in [2.75, 3.05) is 0 Å². The third-order valence-corrected chi connectivity index (χ3v) is 1.30. The smallest absolute Gasteiger partial charge is 0.345 e. The third kappa shape index (κ3) is 1.08. The van der Waals surface area contributed by atoms with Gasteiger partial charge in [0.1, 0.15) is 6.04 Å². The minimum absolute atomic E-state index is 0.0775. The van der Waals surface area contributed by atoms with Crippen molar-refractivity contribution in [2.24, 2.45) is 5.73 Å². The molecule has 0 amide bonds. The number of aliphatic carboxylic acids is 1. The normalized spacial score (nSPS) is 31.9. The molecule has 1 heterocycles. The van der Waals surface area contributed by atoms with E-state index in [2.05, 4.69) is 4.74 Å². The van der Waals surface area contributed by atoms with Crippen LogP contribution in [-0.4, -0.2) is 29.2 Å². The number of carbonyl (C=O) groups excluding carboxylic acids is 1. The van der Waals surface area contributed by atoms with Gasteiger partial charge in [0.15, 0.2) is 0 Å². The monoisotopic (exact) mass is 145 g/mol. The fourth-order valence-corrected chi connectivity index (χ4v) is 0.754. The number of nitrogens with two attached hydrogens (primary N) is 1. The molecule has 10 heavy (non-hydrogen) atoms. The van der Waals surface area contributed by atoms with Crippen LogP contribution in [0.4, 0.5) is 0 Å². The van der Waals surface area contributed by atoms with Crippen LogP contribution in [0.15, 0.2) is 0 Å². The standard InChI is InChI=1S/C5H7NO4/c6-2-1-3(4(7)8)10-5(2)9/h2-3H,1,6H2,(H,7,8)/t2-,3?/m0/s1. The molecule has 2 atom stereocenters. The summed E-state index contributed by atoms with van der Waals surface area (Å²) < 4.78 is 4.37. The Balaban J connectivity index is 2.57. The lowest BCUT2D eigenvalue weighted by Crippen LogP contribution is -2.24. The molecule has 1 fully saturated rings. The van der Waals surface area contributed by atoms with Gasteiger partial charge in [-0.05, 0) is 0 Å². The lowest BCUT2D eigenvalue weighted by Gasteiger charge is -1.98. The Kier molecular flexibility index (Phi) is 1.58. The molecule has 0 spiro atoms. The topological polar surface area (TPSA) is 89.6 Å². The van der Waals surface area contributed by atoms with Gasteiger partial charge in [-0.2, -0.15) is 0 Å². The summed E-state index contributed by atoms with van der Waals surface area (Å²) in [5, 5.41) is 8.32. The van der Waals surface area contributed by atoms with Crippen molar-refractivity contribution in [3.05, 3.63) is 0 Å². The molecule has 56 valence electrons. The van der Waals surface area contributed by atoms with Gasteiger partial charge in [-0.25, -0.2) is 4.79 Å². The van der Waals surface area contributed by atoms with E-state index < -0.39 is 24.1 Å². The summed E-state index contributed by atoms with van der Waals surface area (Å²) in [5.41, 5.74) is 5.17. The SMILES string of the molecule is N[C@H]1CC(C(=O)O)OC1=O. The van der Waals surface area contributed by atoms with Crippen LogP contribution >= 0.6 is 0 Å². The second-order valence-corrected chi connectivity index (χ2v) is 2.11. The molecule has 1 rings (SSSR count). The van der Waals surface area contributed by atoms with Gasteiger partial charge in [-0.15, -0.1) is 0 Å². The fourth-order valence-electron chi connectivity index (χ4n) is 0.754. The second-order valence-electron chi connectivity index (χ2n) is 2.11. The number of hydrogen-bond acceptors (Lipinski definition) is 4. The van der Waals surface area contributed by atoms with Crippen LogP contribution in [0.5, 0.6) is 0 Å². The van der Waals surface area contributed by atoms with Crippen LogP contribution in [-0.2, 0) is 14.3 Å².